The van der Waals surface area contributed by atoms with Crippen LogP contribution in [0.25, 0.3) is 0 Å². The van der Waals surface area contributed by atoms with Gasteiger partial charge in [0.2, 0.25) is 0 Å². The molecule has 0 aromatic carbocycles. The molecule has 4 heterocycles. The first-order valence-corrected chi connectivity index (χ1v) is 19.9. The van der Waals surface area contributed by atoms with Crippen LogP contribution in [0.5, 0.6) is 0 Å². The van der Waals surface area contributed by atoms with Crippen molar-refractivity contribution in [2.45, 2.75) is 160 Å². The highest BCUT2D eigenvalue weighted by molar-refractivity contribution is 7.08. The molecule has 3 saturated heterocycles. The molecule has 1 aromatic rings. The van der Waals surface area contributed by atoms with Gasteiger partial charge in [0.15, 0.2) is 12.6 Å². The molecule has 1 aromatic heterocycles. The molecule has 0 aliphatic carbocycles. The Hall–Kier alpha value is -1.56. The number of aliphatic hydroxyl groups is 4. The van der Waals surface area contributed by atoms with E-state index in [1.54, 1.807) is 55.4 Å². The minimum Gasteiger partial charge on any atom is -0.457 e. The number of likely N-dealkylation sites (N-methyl/N-ethyl adjacent to an activating group) is 1. The molecule has 3 aliphatic heterocycles. The second kappa shape index (κ2) is 17.7. The van der Waals surface area contributed by atoms with Crippen LogP contribution in [0.2, 0.25) is 0 Å². The number of hydrogen-bond acceptors (Lipinski definition) is 14. The van der Waals surface area contributed by atoms with Crippen molar-refractivity contribution in [2.24, 2.45) is 29.6 Å². The van der Waals surface area contributed by atoms with Gasteiger partial charge in [0.05, 0.1) is 47.6 Å². The van der Waals surface area contributed by atoms with E-state index in [2.05, 4.69) is 0 Å². The van der Waals surface area contributed by atoms with E-state index >= 15 is 0 Å². The van der Waals surface area contributed by atoms with Crippen molar-refractivity contribution in [1.29, 1.82) is 0 Å². The van der Waals surface area contributed by atoms with Gasteiger partial charge in [-0.05, 0) is 78.4 Å². The highest BCUT2D eigenvalue weighted by atomic mass is 32.1. The highest BCUT2D eigenvalue weighted by Gasteiger charge is 2.52. The zero-order valence-corrected chi connectivity index (χ0v) is 34.3. The van der Waals surface area contributed by atoms with Crippen LogP contribution in [-0.2, 0) is 38.0 Å². The molecule has 304 valence electrons. The molecule has 4 N–H and O–H groups in total. The Bertz CT molecular complexity index is 1350. The van der Waals surface area contributed by atoms with Gasteiger partial charge in [-0.3, -0.25) is 9.59 Å². The van der Waals surface area contributed by atoms with Crippen LogP contribution in [0.15, 0.2) is 16.8 Å². The number of nitrogens with zero attached hydrogens (tertiary/aromatic N) is 1. The summed E-state index contributed by atoms with van der Waals surface area (Å²) >= 11 is 1.43. The Morgan fingerprint density at radius 1 is 0.906 bits per heavy atom. The molecule has 1 unspecified atom stereocenters. The molecule has 14 heteroatoms. The topological polar surface area (TPSA) is 174 Å². The minimum absolute atomic E-state index is 0.0633. The molecule has 4 rings (SSSR count). The number of ketones is 1. The lowest BCUT2D eigenvalue weighted by Gasteiger charge is -2.49. The molecular weight excluding hydrogens is 706 g/mol. The third kappa shape index (κ3) is 9.70. The number of cyclic esters (lactones) is 1. The van der Waals surface area contributed by atoms with Crippen molar-refractivity contribution >= 4 is 23.1 Å². The van der Waals surface area contributed by atoms with Crippen LogP contribution in [0, 0.1) is 29.6 Å². The van der Waals surface area contributed by atoms with E-state index < -0.39 is 102 Å². The first-order chi connectivity index (χ1) is 24.6. The van der Waals surface area contributed by atoms with Gasteiger partial charge in [0.25, 0.3) is 0 Å². The van der Waals surface area contributed by atoms with Gasteiger partial charge in [-0.1, -0.05) is 27.7 Å². The average Bonchev–Trinajstić information content (AvgIpc) is 3.64. The summed E-state index contributed by atoms with van der Waals surface area (Å²) in [5.41, 5.74) is -2.08. The summed E-state index contributed by atoms with van der Waals surface area (Å²) in [5, 5.41) is 50.2. The van der Waals surface area contributed by atoms with Crippen LogP contribution in [0.3, 0.4) is 0 Å². The van der Waals surface area contributed by atoms with Crippen molar-refractivity contribution in [2.75, 3.05) is 21.2 Å². The summed E-state index contributed by atoms with van der Waals surface area (Å²) in [6, 6.07) is 1.52. The minimum atomic E-state index is -1.74. The molecule has 0 bridgehead atoms. The Morgan fingerprint density at radius 3 is 2.15 bits per heavy atom. The number of aliphatic hydroxyl groups excluding tert-OH is 3. The largest absolute Gasteiger partial charge is 0.457 e. The number of carbonyl (C=O) groups is 2. The van der Waals surface area contributed by atoms with E-state index in [4.69, 9.17) is 28.4 Å². The van der Waals surface area contributed by atoms with Gasteiger partial charge < -0.3 is 53.7 Å². The Morgan fingerprint density at radius 2 is 1.57 bits per heavy atom. The first-order valence-electron chi connectivity index (χ1n) is 19.0. The summed E-state index contributed by atoms with van der Waals surface area (Å²) in [4.78, 5) is 30.3. The lowest BCUT2D eigenvalue weighted by atomic mass is 9.74. The zero-order valence-electron chi connectivity index (χ0n) is 33.5. The van der Waals surface area contributed by atoms with Gasteiger partial charge in [-0.15, -0.1) is 0 Å². The number of esters is 1. The third-order valence-corrected chi connectivity index (χ3v) is 12.8. The first kappa shape index (κ1) is 44.2. The van der Waals surface area contributed by atoms with Gasteiger partial charge in [-0.2, -0.15) is 11.3 Å². The van der Waals surface area contributed by atoms with Gasteiger partial charge in [0.1, 0.15) is 24.1 Å². The molecular formula is C39H65NO12S. The monoisotopic (exact) mass is 771 g/mol. The second-order valence-corrected chi connectivity index (χ2v) is 17.5. The lowest BCUT2D eigenvalue weighted by Crippen LogP contribution is -2.60. The zero-order chi connectivity index (χ0) is 39.7. The van der Waals surface area contributed by atoms with Crippen LogP contribution in [0.1, 0.15) is 93.2 Å². The summed E-state index contributed by atoms with van der Waals surface area (Å²) in [5.74, 6) is -4.91. The van der Waals surface area contributed by atoms with E-state index in [1.807, 2.05) is 42.7 Å². The van der Waals surface area contributed by atoms with E-state index in [-0.39, 0.29) is 30.8 Å². The quantitative estimate of drug-likeness (QED) is 0.296. The van der Waals surface area contributed by atoms with Gasteiger partial charge >= 0.3 is 5.97 Å². The van der Waals surface area contributed by atoms with Gasteiger partial charge in [-0.25, -0.2) is 0 Å². The van der Waals surface area contributed by atoms with Crippen LogP contribution in [0.4, 0.5) is 0 Å². The highest BCUT2D eigenvalue weighted by Crippen LogP contribution is 2.41. The molecule has 13 nitrogen and oxygen atoms in total. The average molecular weight is 772 g/mol. The standard InChI is InChI=1S/C39H65NO12S/c1-19-16-38(8,46)35(52-37-31(43)27(40(10)11)15-20(2)48-37)23(5)32(50-28-17-39(9,47-12)34(44)25(7)49-28)24(6)36(45)51-33(26-13-14-53-18-26)22(4)30(42)21(3)29(19)41/h13-14,18-25,27-28,30-35,37,42-44,46H,15-17H2,1-12H3/t19-,20-,21+,22-,23+,24-,25+,27+,28+,30-,31-,32?,33+,34+,35-,37+,38-,39-/m1/s1. The van der Waals surface area contributed by atoms with Crippen LogP contribution < -0.4 is 0 Å². The molecule has 53 heavy (non-hydrogen) atoms. The molecule has 18 atom stereocenters. The second-order valence-electron chi connectivity index (χ2n) is 16.7. The van der Waals surface area contributed by atoms with Crippen LogP contribution in [-0.4, -0.2) is 131 Å². The lowest BCUT2D eigenvalue weighted by molar-refractivity contribution is -0.317. The Balaban J connectivity index is 1.84. The SMILES string of the molecule is CO[C@]1(C)C[C@H](OC2[C@@H](C)C(=O)O[C@H](c3ccsc3)[C@H](C)[C@H](O)[C@@H](C)C(=O)[C@H](C)C[C@@](C)(O)[C@H](O[C@@H]3O[C@H](C)C[C@H](N(C)C)[C@H]3O)[C@H]2C)O[C@@H](C)[C@@H]1O. The smallest absolute Gasteiger partial charge is 0.311 e. The summed E-state index contributed by atoms with van der Waals surface area (Å²) in [7, 11) is 5.23. The number of methoxy groups -OCH3 is 1. The van der Waals surface area contributed by atoms with Crippen LogP contribution >= 0.6 is 11.3 Å². The molecule has 3 aliphatic rings. The molecule has 0 spiro atoms. The molecule has 3 fully saturated rings. The maximum Gasteiger partial charge on any atom is 0.311 e. The number of carbonyl (C=O) groups excluding carboxylic acids is 2. The van der Waals surface area contributed by atoms with Crippen molar-refractivity contribution in [3.8, 4) is 0 Å². The van der Waals surface area contributed by atoms with E-state index in [1.165, 1.54) is 18.4 Å². The Kier molecular flexibility index (Phi) is 14.8. The van der Waals surface area contributed by atoms with E-state index in [9.17, 15) is 30.0 Å². The summed E-state index contributed by atoms with van der Waals surface area (Å²) < 4.78 is 37.7. The summed E-state index contributed by atoms with van der Waals surface area (Å²) in [6.45, 7) is 15.5. The predicted octanol–water partition coefficient (Wildman–Crippen LogP) is 3.69. The molecule has 0 saturated carbocycles. The number of thiophene rings is 1. The van der Waals surface area contributed by atoms with Gasteiger partial charge in [0, 0.05) is 48.8 Å². The van der Waals surface area contributed by atoms with Crippen molar-refractivity contribution in [3.63, 3.8) is 0 Å². The Labute approximate surface area is 319 Å². The maximum absolute atomic E-state index is 14.4. The molecule has 0 radical (unpaired) electrons. The van der Waals surface area contributed by atoms with E-state index in [0.717, 1.165) is 0 Å². The predicted molar refractivity (Wildman–Crippen MR) is 198 cm³/mol. The van der Waals surface area contributed by atoms with Crippen molar-refractivity contribution < 1.29 is 58.4 Å². The van der Waals surface area contributed by atoms with E-state index in [0.29, 0.717) is 12.0 Å². The number of hydrogen-bond donors (Lipinski definition) is 4. The fourth-order valence-corrected chi connectivity index (χ4v) is 9.33. The summed E-state index contributed by atoms with van der Waals surface area (Å²) in [6.07, 6.45) is -8.77. The van der Waals surface area contributed by atoms with Crippen molar-refractivity contribution in [3.05, 3.63) is 22.4 Å². The number of ether oxygens (including phenoxy) is 6. The maximum atomic E-state index is 14.4. The fourth-order valence-electron chi connectivity index (χ4n) is 8.65. The fraction of sp³-hybridized carbons (Fsp3) is 0.846. The normalized spacial score (nSPS) is 46.9. The van der Waals surface area contributed by atoms with Crippen molar-refractivity contribution in [1.82, 2.24) is 4.90 Å². The number of Topliss-reactive ketones (excluding diaryl/α,β-unsaturated/α-hetero) is 1. The molecule has 0 amide bonds. The third-order valence-electron chi connectivity index (χ3n) is 12.1. The number of rotatable bonds is 7.